The first-order chi connectivity index (χ1) is 8.97. The summed E-state index contributed by atoms with van der Waals surface area (Å²) >= 11 is 16.6. The molecule has 2 rings (SSSR count). The van der Waals surface area contributed by atoms with Crippen molar-refractivity contribution in [3.05, 3.63) is 46.0 Å². The number of nitrogens with zero attached hydrogens (tertiary/aromatic N) is 2. The number of halogens is 3. The van der Waals surface area contributed by atoms with Crippen LogP contribution in [0.5, 0.6) is 0 Å². The Kier molecular flexibility index (Phi) is 4.14. The molecule has 0 aliphatic carbocycles. The van der Waals surface area contributed by atoms with Crippen molar-refractivity contribution >= 4 is 52.0 Å². The van der Waals surface area contributed by atoms with Crippen LogP contribution in [0.4, 0.5) is 16.0 Å². The highest BCUT2D eigenvalue weighted by Gasteiger charge is 2.10. The number of rotatable bonds is 3. The molecule has 1 aromatic heterocycles. The Labute approximate surface area is 123 Å². The van der Waals surface area contributed by atoms with E-state index in [-0.39, 0.29) is 21.0 Å². The van der Waals surface area contributed by atoms with E-state index in [9.17, 15) is 4.39 Å². The third-order valence-electron chi connectivity index (χ3n) is 2.15. The summed E-state index contributed by atoms with van der Waals surface area (Å²) in [6.07, 6.45) is 1.48. The average molecular weight is 317 g/mol. The van der Waals surface area contributed by atoms with Crippen molar-refractivity contribution in [2.24, 2.45) is 5.73 Å². The van der Waals surface area contributed by atoms with Gasteiger partial charge in [-0.25, -0.2) is 14.4 Å². The molecule has 0 aliphatic rings. The molecule has 4 nitrogen and oxygen atoms in total. The second-order valence-corrected chi connectivity index (χ2v) is 4.75. The standard InChI is InChI=1S/C11H7Cl2FN4S/c12-6-3-5(14)4-7(13)9(6)18-11-16-2-1-8(17-11)10(15)19/h1-4H,(H2,15,19)(H,16,17,18). The number of nitrogens with two attached hydrogens (primary N) is 1. The fraction of sp³-hybridized carbons (Fsp3) is 0. The predicted molar refractivity (Wildman–Crippen MR) is 77.6 cm³/mol. The first kappa shape index (κ1) is 13.9. The maximum absolute atomic E-state index is 13.1. The molecule has 0 amide bonds. The summed E-state index contributed by atoms with van der Waals surface area (Å²) in [5.74, 6) is -0.320. The molecule has 3 N–H and O–H groups in total. The highest BCUT2D eigenvalue weighted by atomic mass is 35.5. The number of hydrogen-bond donors (Lipinski definition) is 2. The number of benzene rings is 1. The monoisotopic (exact) mass is 316 g/mol. The lowest BCUT2D eigenvalue weighted by atomic mass is 10.3. The minimum Gasteiger partial charge on any atom is -0.388 e. The van der Waals surface area contributed by atoms with Crippen LogP contribution in [0.15, 0.2) is 24.4 Å². The Morgan fingerprint density at radius 3 is 2.53 bits per heavy atom. The van der Waals surface area contributed by atoms with Gasteiger partial charge in [-0.1, -0.05) is 35.4 Å². The third kappa shape index (κ3) is 3.28. The molecule has 1 heterocycles. The van der Waals surface area contributed by atoms with Crippen LogP contribution in [0, 0.1) is 5.82 Å². The van der Waals surface area contributed by atoms with E-state index in [4.69, 9.17) is 41.2 Å². The van der Waals surface area contributed by atoms with Gasteiger partial charge in [0.05, 0.1) is 15.7 Å². The topological polar surface area (TPSA) is 63.8 Å². The van der Waals surface area contributed by atoms with Crippen LogP contribution >= 0.6 is 35.4 Å². The molecule has 0 saturated carbocycles. The summed E-state index contributed by atoms with van der Waals surface area (Å²) in [7, 11) is 0. The number of thiocarbonyl (C=S) groups is 1. The lowest BCUT2D eigenvalue weighted by Crippen LogP contribution is -2.13. The zero-order valence-electron chi connectivity index (χ0n) is 9.32. The zero-order chi connectivity index (χ0) is 14.0. The molecular formula is C11H7Cl2FN4S. The van der Waals surface area contributed by atoms with Gasteiger partial charge in [0.25, 0.3) is 0 Å². The number of nitrogens with one attached hydrogen (secondary N) is 1. The fourth-order valence-electron chi connectivity index (χ4n) is 1.33. The van der Waals surface area contributed by atoms with Gasteiger partial charge in [-0.15, -0.1) is 0 Å². The van der Waals surface area contributed by atoms with Gasteiger partial charge < -0.3 is 11.1 Å². The van der Waals surface area contributed by atoms with Crippen molar-refractivity contribution in [1.82, 2.24) is 9.97 Å². The lowest BCUT2D eigenvalue weighted by molar-refractivity contribution is 0.628. The van der Waals surface area contributed by atoms with E-state index in [1.165, 1.54) is 6.20 Å². The molecule has 98 valence electrons. The summed E-state index contributed by atoms with van der Waals surface area (Å²) < 4.78 is 13.1. The number of aromatic nitrogens is 2. The second-order valence-electron chi connectivity index (χ2n) is 3.50. The Bertz CT molecular complexity index is 627. The highest BCUT2D eigenvalue weighted by molar-refractivity contribution is 7.80. The van der Waals surface area contributed by atoms with E-state index in [0.29, 0.717) is 11.4 Å². The average Bonchev–Trinajstić information content (AvgIpc) is 2.34. The minimum atomic E-state index is -0.529. The van der Waals surface area contributed by atoms with Crippen LogP contribution in [0.2, 0.25) is 10.0 Å². The van der Waals surface area contributed by atoms with Crippen LogP contribution < -0.4 is 11.1 Å². The highest BCUT2D eigenvalue weighted by Crippen LogP contribution is 2.32. The Morgan fingerprint density at radius 2 is 1.95 bits per heavy atom. The molecule has 0 fully saturated rings. The molecule has 0 saturated heterocycles. The molecule has 0 aliphatic heterocycles. The van der Waals surface area contributed by atoms with Gasteiger partial charge in [0.1, 0.15) is 16.5 Å². The van der Waals surface area contributed by atoms with Gasteiger partial charge >= 0.3 is 0 Å². The van der Waals surface area contributed by atoms with Crippen LogP contribution in [0.1, 0.15) is 5.69 Å². The minimum absolute atomic E-state index is 0.120. The maximum Gasteiger partial charge on any atom is 0.227 e. The Morgan fingerprint density at radius 1 is 1.32 bits per heavy atom. The van der Waals surface area contributed by atoms with E-state index in [1.807, 2.05) is 0 Å². The van der Waals surface area contributed by atoms with Crippen LogP contribution in [-0.4, -0.2) is 15.0 Å². The first-order valence-electron chi connectivity index (χ1n) is 5.02. The lowest BCUT2D eigenvalue weighted by Gasteiger charge is -2.09. The molecule has 0 radical (unpaired) electrons. The molecule has 8 heteroatoms. The van der Waals surface area contributed by atoms with Gasteiger partial charge in [-0.05, 0) is 18.2 Å². The summed E-state index contributed by atoms with van der Waals surface area (Å²) in [5.41, 5.74) is 6.18. The number of anilines is 2. The quantitative estimate of drug-likeness (QED) is 0.851. The van der Waals surface area contributed by atoms with Crippen LogP contribution in [0.3, 0.4) is 0 Å². The predicted octanol–water partition coefficient (Wildman–Crippen LogP) is 3.30. The van der Waals surface area contributed by atoms with Crippen LogP contribution in [0.25, 0.3) is 0 Å². The molecule has 0 unspecified atom stereocenters. The van der Waals surface area contributed by atoms with Crippen molar-refractivity contribution in [3.63, 3.8) is 0 Å². The van der Waals surface area contributed by atoms with E-state index >= 15 is 0 Å². The Hall–Kier alpha value is -1.50. The number of hydrogen-bond acceptors (Lipinski definition) is 4. The van der Waals surface area contributed by atoms with Gasteiger partial charge in [-0.2, -0.15) is 0 Å². The largest absolute Gasteiger partial charge is 0.388 e. The van der Waals surface area contributed by atoms with E-state index < -0.39 is 5.82 Å². The summed E-state index contributed by atoms with van der Waals surface area (Å²) in [6, 6.07) is 3.84. The van der Waals surface area contributed by atoms with Crippen molar-refractivity contribution < 1.29 is 4.39 Å². The summed E-state index contributed by atoms with van der Waals surface area (Å²) in [4.78, 5) is 8.19. The third-order valence-corrected chi connectivity index (χ3v) is 2.96. The molecule has 2 aromatic rings. The van der Waals surface area contributed by atoms with Crippen molar-refractivity contribution in [2.75, 3.05) is 5.32 Å². The van der Waals surface area contributed by atoms with E-state index in [0.717, 1.165) is 12.1 Å². The molecule has 0 atom stereocenters. The van der Waals surface area contributed by atoms with Crippen molar-refractivity contribution in [1.29, 1.82) is 0 Å². The van der Waals surface area contributed by atoms with E-state index in [1.54, 1.807) is 6.07 Å². The zero-order valence-corrected chi connectivity index (χ0v) is 11.7. The van der Waals surface area contributed by atoms with Crippen LogP contribution in [-0.2, 0) is 0 Å². The fourth-order valence-corrected chi connectivity index (χ4v) is 2.00. The Balaban J connectivity index is 2.36. The maximum atomic E-state index is 13.1. The molecular weight excluding hydrogens is 310 g/mol. The van der Waals surface area contributed by atoms with Gasteiger partial charge in [0.2, 0.25) is 5.95 Å². The van der Waals surface area contributed by atoms with Gasteiger partial charge in [0, 0.05) is 6.20 Å². The molecule has 0 bridgehead atoms. The SMILES string of the molecule is NC(=S)c1ccnc(Nc2c(Cl)cc(F)cc2Cl)n1. The normalized spacial score (nSPS) is 10.3. The summed E-state index contributed by atoms with van der Waals surface area (Å²) in [5, 5.41) is 3.03. The molecule has 1 aromatic carbocycles. The van der Waals surface area contributed by atoms with Gasteiger partial charge in [-0.3, -0.25) is 0 Å². The van der Waals surface area contributed by atoms with E-state index in [2.05, 4.69) is 15.3 Å². The van der Waals surface area contributed by atoms with Gasteiger partial charge in [0.15, 0.2) is 0 Å². The first-order valence-corrected chi connectivity index (χ1v) is 6.18. The molecule has 0 spiro atoms. The molecule has 19 heavy (non-hydrogen) atoms. The smallest absolute Gasteiger partial charge is 0.227 e. The van der Waals surface area contributed by atoms with Crippen molar-refractivity contribution in [2.45, 2.75) is 0 Å². The van der Waals surface area contributed by atoms with Crippen molar-refractivity contribution in [3.8, 4) is 0 Å². The second kappa shape index (κ2) is 5.64. The summed E-state index contributed by atoms with van der Waals surface area (Å²) in [6.45, 7) is 0.